The smallest absolute Gasteiger partial charge is 0.419 e. The Kier molecular flexibility index (Phi) is 6.85. The van der Waals surface area contributed by atoms with Gasteiger partial charge in [-0.15, -0.1) is 0 Å². The summed E-state index contributed by atoms with van der Waals surface area (Å²) in [6, 6.07) is 12.2. The van der Waals surface area contributed by atoms with Crippen LogP contribution in [0, 0.1) is 0 Å². The Morgan fingerprint density at radius 3 is 2.44 bits per heavy atom. The van der Waals surface area contributed by atoms with Crippen LogP contribution < -0.4 is 15.2 Å². The van der Waals surface area contributed by atoms with E-state index >= 15 is 0 Å². The summed E-state index contributed by atoms with van der Waals surface area (Å²) in [6.07, 6.45) is 1.40. The number of hydrogen-bond donors (Lipinski definition) is 2. The van der Waals surface area contributed by atoms with Crippen molar-refractivity contribution >= 4 is 44.4 Å². The largest absolute Gasteiger partial charge is 0.496 e. The lowest BCUT2D eigenvalue weighted by Gasteiger charge is -2.13. The van der Waals surface area contributed by atoms with Crippen LogP contribution in [-0.4, -0.2) is 20.1 Å². The number of nitrogens with zero attached hydrogens (tertiary/aromatic N) is 1. The zero-order chi connectivity index (χ0) is 23.5. The molecule has 2 aromatic carbocycles. The van der Waals surface area contributed by atoms with E-state index in [1.807, 2.05) is 12.1 Å². The minimum Gasteiger partial charge on any atom is -0.496 e. The lowest BCUT2D eigenvalue weighted by atomic mass is 10.3. The molecule has 0 aliphatic carbocycles. The van der Waals surface area contributed by atoms with Crippen LogP contribution in [0.4, 0.5) is 11.4 Å². The predicted octanol–water partition coefficient (Wildman–Crippen LogP) is 4.61. The molecular formula is C22H23N3O5S2. The minimum atomic E-state index is -3.91. The van der Waals surface area contributed by atoms with Gasteiger partial charge in [-0.05, 0) is 67.4 Å². The summed E-state index contributed by atoms with van der Waals surface area (Å²) >= 11 is 1.33. The van der Waals surface area contributed by atoms with Gasteiger partial charge < -0.3 is 13.9 Å². The third-order valence-electron chi connectivity index (χ3n) is 4.38. The Morgan fingerprint density at radius 2 is 1.81 bits per heavy atom. The van der Waals surface area contributed by atoms with Crippen molar-refractivity contribution in [2.75, 3.05) is 16.6 Å². The summed E-state index contributed by atoms with van der Waals surface area (Å²) in [6.45, 7) is 9.03. The fraction of sp³-hybridized carbons (Fsp3) is 0.136. The highest BCUT2D eigenvalue weighted by molar-refractivity contribution is 8.00. The summed E-state index contributed by atoms with van der Waals surface area (Å²) in [4.78, 5) is 12.4. The van der Waals surface area contributed by atoms with Crippen LogP contribution in [0.15, 0.2) is 92.0 Å². The predicted molar refractivity (Wildman–Crippen MR) is 129 cm³/mol. The normalized spacial score (nSPS) is 11.9. The molecule has 3 aromatic rings. The van der Waals surface area contributed by atoms with Gasteiger partial charge in [0, 0.05) is 23.3 Å². The second kappa shape index (κ2) is 9.41. The van der Waals surface area contributed by atoms with Gasteiger partial charge in [0.25, 0.3) is 10.0 Å². The summed E-state index contributed by atoms with van der Waals surface area (Å²) in [5.41, 5.74) is 2.90. The summed E-state index contributed by atoms with van der Waals surface area (Å²) < 4.78 is 42.8. The van der Waals surface area contributed by atoms with Crippen molar-refractivity contribution in [2.45, 2.75) is 11.8 Å². The van der Waals surface area contributed by atoms with E-state index in [1.165, 1.54) is 29.7 Å². The van der Waals surface area contributed by atoms with E-state index in [-0.39, 0.29) is 10.7 Å². The molecule has 0 bridgehead atoms. The lowest BCUT2D eigenvalue weighted by Crippen LogP contribution is -2.17. The molecule has 0 radical (unpaired) electrons. The van der Waals surface area contributed by atoms with E-state index < -0.39 is 15.8 Å². The van der Waals surface area contributed by atoms with E-state index in [1.54, 1.807) is 44.3 Å². The first-order chi connectivity index (χ1) is 15.1. The molecule has 0 spiro atoms. The third-order valence-corrected chi connectivity index (χ3v) is 6.63. The molecule has 1 heterocycles. The maximum Gasteiger partial charge on any atom is 0.419 e. The Bertz CT molecular complexity index is 1370. The van der Waals surface area contributed by atoms with Crippen LogP contribution in [0.25, 0.3) is 11.1 Å². The van der Waals surface area contributed by atoms with Crippen molar-refractivity contribution in [2.24, 2.45) is 7.05 Å². The molecular weight excluding hydrogens is 450 g/mol. The highest BCUT2D eigenvalue weighted by Crippen LogP contribution is 2.27. The van der Waals surface area contributed by atoms with Crippen LogP contribution in [0.1, 0.15) is 6.92 Å². The van der Waals surface area contributed by atoms with Crippen LogP contribution >= 0.6 is 11.9 Å². The first-order valence-electron chi connectivity index (χ1n) is 9.36. The van der Waals surface area contributed by atoms with Gasteiger partial charge in [0.1, 0.15) is 10.7 Å². The van der Waals surface area contributed by atoms with Gasteiger partial charge in [-0.2, -0.15) is 0 Å². The molecule has 1 aromatic heterocycles. The van der Waals surface area contributed by atoms with Crippen LogP contribution in [0.5, 0.6) is 0 Å². The number of fused-ring (bicyclic) bond motifs is 1. The third kappa shape index (κ3) is 5.27. The van der Waals surface area contributed by atoms with Crippen molar-refractivity contribution in [1.82, 2.24) is 4.57 Å². The lowest BCUT2D eigenvalue weighted by molar-refractivity contribution is 0.306. The number of methoxy groups -OCH3 is 1. The second-order valence-corrected chi connectivity index (χ2v) is 9.46. The monoisotopic (exact) mass is 473 g/mol. The van der Waals surface area contributed by atoms with Crippen molar-refractivity contribution < 1.29 is 17.6 Å². The van der Waals surface area contributed by atoms with E-state index in [4.69, 9.17) is 9.15 Å². The van der Waals surface area contributed by atoms with Gasteiger partial charge in [-0.1, -0.05) is 18.7 Å². The van der Waals surface area contributed by atoms with Gasteiger partial charge in [0.05, 0.1) is 12.6 Å². The Balaban J connectivity index is 1.70. The van der Waals surface area contributed by atoms with E-state index in [0.29, 0.717) is 22.4 Å². The molecule has 0 saturated carbocycles. The molecule has 0 fully saturated rings. The highest BCUT2D eigenvalue weighted by atomic mass is 32.2. The van der Waals surface area contributed by atoms with Crippen LogP contribution in [0.2, 0.25) is 0 Å². The SMILES string of the molecule is C=C(C)/C=C(\C(=C)OC)S(=O)(=O)Nc1ccc(NSc2ccc3c(c2)oc(=O)n3C)cc1. The highest BCUT2D eigenvalue weighted by Gasteiger charge is 2.21. The number of aryl methyl sites for hydroxylation is 1. The molecule has 0 saturated heterocycles. The van der Waals surface area contributed by atoms with E-state index in [9.17, 15) is 13.2 Å². The van der Waals surface area contributed by atoms with Gasteiger partial charge >= 0.3 is 5.76 Å². The van der Waals surface area contributed by atoms with E-state index in [0.717, 1.165) is 10.6 Å². The molecule has 168 valence electrons. The Labute approximate surface area is 190 Å². The van der Waals surface area contributed by atoms with Gasteiger partial charge in [-0.25, -0.2) is 13.2 Å². The number of nitrogens with one attached hydrogen (secondary N) is 2. The topological polar surface area (TPSA) is 103 Å². The minimum absolute atomic E-state index is 0.0152. The van der Waals surface area contributed by atoms with Crippen LogP contribution in [-0.2, 0) is 21.8 Å². The number of allylic oxidation sites excluding steroid dienone is 2. The molecule has 3 rings (SSSR count). The van der Waals surface area contributed by atoms with E-state index in [2.05, 4.69) is 22.6 Å². The number of ether oxygens (including phenoxy) is 1. The summed E-state index contributed by atoms with van der Waals surface area (Å²) in [7, 11) is -0.907. The average Bonchev–Trinajstić information content (AvgIpc) is 3.03. The molecule has 0 aliphatic rings. The summed E-state index contributed by atoms with van der Waals surface area (Å²) in [5, 5.41) is 0. The van der Waals surface area contributed by atoms with Gasteiger partial charge in [0.2, 0.25) is 0 Å². The molecule has 10 heteroatoms. The first-order valence-corrected chi connectivity index (χ1v) is 11.7. The standard InChI is InChI=1S/C22H23N3O5S2/c1-14(2)12-21(15(3)29-5)32(27,28)24-17-8-6-16(7-9-17)23-31-18-10-11-19-20(13-18)30-22(26)25(19)4/h6-13,23-24H,1,3H2,2,4-5H3/b21-12+. The van der Waals surface area contributed by atoms with Gasteiger partial charge in [0.15, 0.2) is 5.58 Å². The van der Waals surface area contributed by atoms with Crippen molar-refractivity contribution in [3.63, 3.8) is 0 Å². The molecule has 0 aliphatic heterocycles. The maximum absolute atomic E-state index is 12.8. The molecule has 0 unspecified atom stereocenters. The van der Waals surface area contributed by atoms with Gasteiger partial charge in [-0.3, -0.25) is 9.29 Å². The number of rotatable bonds is 9. The van der Waals surface area contributed by atoms with Crippen LogP contribution in [0.3, 0.4) is 0 Å². The number of aromatic nitrogens is 1. The first kappa shape index (κ1) is 23.3. The number of sulfonamides is 1. The Hall–Kier alpha value is -3.37. The molecule has 8 nitrogen and oxygen atoms in total. The zero-order valence-corrected chi connectivity index (χ0v) is 19.5. The fourth-order valence-corrected chi connectivity index (χ4v) is 4.71. The molecule has 0 amide bonds. The number of anilines is 2. The maximum atomic E-state index is 12.8. The zero-order valence-electron chi connectivity index (χ0n) is 17.8. The molecule has 0 atom stereocenters. The van der Waals surface area contributed by atoms with Crippen molar-refractivity contribution in [3.8, 4) is 0 Å². The van der Waals surface area contributed by atoms with Crippen molar-refractivity contribution in [1.29, 1.82) is 0 Å². The second-order valence-electron chi connectivity index (χ2n) is 6.93. The Morgan fingerprint density at radius 1 is 1.16 bits per heavy atom. The quantitative estimate of drug-likeness (QED) is 0.266. The number of hydrogen-bond acceptors (Lipinski definition) is 7. The molecule has 2 N–H and O–H groups in total. The van der Waals surface area contributed by atoms with Crippen molar-refractivity contribution in [3.05, 3.63) is 88.5 Å². The average molecular weight is 474 g/mol. The number of benzene rings is 2. The summed E-state index contributed by atoms with van der Waals surface area (Å²) in [5.74, 6) is -0.398. The fourth-order valence-electron chi connectivity index (χ4n) is 2.74. The molecule has 32 heavy (non-hydrogen) atoms. The number of oxazole rings is 1.